The van der Waals surface area contributed by atoms with Crippen molar-refractivity contribution in [2.75, 3.05) is 0 Å². The van der Waals surface area contributed by atoms with E-state index in [2.05, 4.69) is 15.2 Å². The largest absolute Gasteiger partial charge is 0.309 e. The summed E-state index contributed by atoms with van der Waals surface area (Å²) in [7, 11) is 0. The van der Waals surface area contributed by atoms with Crippen molar-refractivity contribution in [3.8, 4) is 0 Å². The SMILES string of the molecule is [C-]#[N+]Cc1nc(C2CCCCC2)cs1. The summed E-state index contributed by atoms with van der Waals surface area (Å²) in [5.41, 5.74) is 1.24. The van der Waals surface area contributed by atoms with Gasteiger partial charge < -0.3 is 4.85 Å². The van der Waals surface area contributed by atoms with E-state index >= 15 is 0 Å². The van der Waals surface area contributed by atoms with Gasteiger partial charge in [0.2, 0.25) is 0 Å². The molecule has 0 aliphatic heterocycles. The van der Waals surface area contributed by atoms with Crippen LogP contribution >= 0.6 is 11.3 Å². The fraction of sp³-hybridized carbons (Fsp3) is 0.636. The van der Waals surface area contributed by atoms with E-state index in [-0.39, 0.29) is 0 Å². The summed E-state index contributed by atoms with van der Waals surface area (Å²) in [4.78, 5) is 7.89. The highest BCUT2D eigenvalue weighted by Crippen LogP contribution is 2.33. The average Bonchev–Trinajstić information content (AvgIpc) is 2.68. The fourth-order valence-corrected chi connectivity index (χ4v) is 2.85. The summed E-state index contributed by atoms with van der Waals surface area (Å²) in [6.45, 7) is 7.24. The van der Waals surface area contributed by atoms with Gasteiger partial charge in [-0.05, 0) is 12.8 Å². The zero-order valence-corrected chi connectivity index (χ0v) is 9.02. The molecule has 0 radical (unpaired) electrons. The minimum atomic E-state index is 0.456. The lowest BCUT2D eigenvalue weighted by Gasteiger charge is -2.19. The molecule has 1 aromatic heterocycles. The molecule has 0 saturated heterocycles. The minimum Gasteiger partial charge on any atom is -0.309 e. The van der Waals surface area contributed by atoms with E-state index in [0.717, 1.165) is 5.01 Å². The number of rotatable bonds is 2. The van der Waals surface area contributed by atoms with Gasteiger partial charge in [-0.2, -0.15) is 0 Å². The van der Waals surface area contributed by atoms with E-state index in [0.29, 0.717) is 12.5 Å². The Balaban J connectivity index is 2.04. The molecule has 74 valence electrons. The third kappa shape index (κ3) is 2.13. The summed E-state index contributed by atoms with van der Waals surface area (Å²) in [5, 5.41) is 3.14. The zero-order valence-electron chi connectivity index (χ0n) is 8.20. The van der Waals surface area contributed by atoms with Crippen molar-refractivity contribution in [2.45, 2.75) is 44.6 Å². The monoisotopic (exact) mass is 206 g/mol. The van der Waals surface area contributed by atoms with Crippen LogP contribution in [0.2, 0.25) is 0 Å². The number of hydrogen-bond donors (Lipinski definition) is 0. The van der Waals surface area contributed by atoms with Crippen molar-refractivity contribution in [1.82, 2.24) is 4.98 Å². The van der Waals surface area contributed by atoms with Crippen molar-refractivity contribution >= 4 is 11.3 Å². The van der Waals surface area contributed by atoms with Crippen molar-refractivity contribution in [1.29, 1.82) is 0 Å². The quantitative estimate of drug-likeness (QED) is 0.676. The highest BCUT2D eigenvalue weighted by atomic mass is 32.1. The lowest BCUT2D eigenvalue weighted by Crippen LogP contribution is -2.04. The lowest BCUT2D eigenvalue weighted by atomic mass is 9.87. The molecule has 0 unspecified atom stereocenters. The van der Waals surface area contributed by atoms with Crippen molar-refractivity contribution < 1.29 is 0 Å². The van der Waals surface area contributed by atoms with Gasteiger partial charge in [0.1, 0.15) is 0 Å². The molecule has 1 fully saturated rings. The van der Waals surface area contributed by atoms with Crippen LogP contribution in [0.3, 0.4) is 0 Å². The summed E-state index contributed by atoms with van der Waals surface area (Å²) in [5.74, 6) is 0.680. The number of thiazole rings is 1. The Morgan fingerprint density at radius 1 is 1.43 bits per heavy atom. The standard InChI is InChI=1S/C11H14N2S/c1-12-7-11-13-10(8-14-11)9-5-3-2-4-6-9/h8-9H,2-7H2. The molecule has 0 bridgehead atoms. The van der Waals surface area contributed by atoms with Crippen LogP contribution < -0.4 is 0 Å². The first-order valence-corrected chi connectivity index (χ1v) is 6.05. The first-order chi connectivity index (χ1) is 6.90. The lowest BCUT2D eigenvalue weighted by molar-refractivity contribution is 0.437. The van der Waals surface area contributed by atoms with E-state index < -0.39 is 0 Å². The Kier molecular flexibility index (Phi) is 3.15. The topological polar surface area (TPSA) is 17.2 Å². The van der Waals surface area contributed by atoms with Crippen molar-refractivity contribution in [2.24, 2.45) is 0 Å². The molecule has 0 N–H and O–H groups in total. The van der Waals surface area contributed by atoms with Crippen LogP contribution in [0.15, 0.2) is 5.38 Å². The summed E-state index contributed by atoms with van der Waals surface area (Å²) in [6, 6.07) is 0. The molecular formula is C11H14N2S. The van der Waals surface area contributed by atoms with Crippen LogP contribution in [0, 0.1) is 6.57 Å². The molecule has 2 nitrogen and oxygen atoms in total. The first kappa shape index (κ1) is 9.67. The molecule has 0 atom stereocenters. The number of nitrogens with zero attached hydrogens (tertiary/aromatic N) is 2. The molecule has 1 aliphatic carbocycles. The molecule has 1 aromatic rings. The van der Waals surface area contributed by atoms with Crippen LogP contribution in [0.4, 0.5) is 0 Å². The van der Waals surface area contributed by atoms with Gasteiger partial charge in [0, 0.05) is 11.3 Å². The van der Waals surface area contributed by atoms with Crippen LogP contribution in [-0.4, -0.2) is 4.98 Å². The molecule has 0 amide bonds. The molecule has 1 saturated carbocycles. The molecule has 3 heteroatoms. The molecule has 0 aromatic carbocycles. The smallest absolute Gasteiger partial charge is 0.265 e. The zero-order chi connectivity index (χ0) is 9.80. The third-order valence-electron chi connectivity index (χ3n) is 2.81. The average molecular weight is 206 g/mol. The van der Waals surface area contributed by atoms with Gasteiger partial charge in [-0.15, -0.1) is 11.3 Å². The third-order valence-corrected chi connectivity index (χ3v) is 3.66. The fourth-order valence-electron chi connectivity index (χ4n) is 2.05. The van der Waals surface area contributed by atoms with Crippen LogP contribution in [0.1, 0.15) is 48.7 Å². The van der Waals surface area contributed by atoms with E-state index in [9.17, 15) is 0 Å². The van der Waals surface area contributed by atoms with Gasteiger partial charge >= 0.3 is 0 Å². The van der Waals surface area contributed by atoms with Gasteiger partial charge in [-0.25, -0.2) is 11.6 Å². The number of hydrogen-bond acceptors (Lipinski definition) is 2. The van der Waals surface area contributed by atoms with Gasteiger partial charge in [0.25, 0.3) is 6.54 Å². The van der Waals surface area contributed by atoms with E-state index in [1.54, 1.807) is 11.3 Å². The normalized spacial score (nSPS) is 17.9. The second kappa shape index (κ2) is 4.56. The molecule has 0 spiro atoms. The molecule has 14 heavy (non-hydrogen) atoms. The molecule has 2 rings (SSSR count). The predicted octanol–water partition coefficient (Wildman–Crippen LogP) is 3.61. The maximum absolute atomic E-state index is 6.79. The summed E-state index contributed by atoms with van der Waals surface area (Å²) in [6.07, 6.45) is 6.67. The van der Waals surface area contributed by atoms with Gasteiger partial charge in [0.15, 0.2) is 5.01 Å². The van der Waals surface area contributed by atoms with Crippen molar-refractivity contribution in [3.05, 3.63) is 27.5 Å². The molecule has 1 aliphatic rings. The maximum Gasteiger partial charge on any atom is 0.265 e. The van der Waals surface area contributed by atoms with Gasteiger partial charge in [-0.3, -0.25) is 0 Å². The molecular weight excluding hydrogens is 192 g/mol. The van der Waals surface area contributed by atoms with E-state index in [1.165, 1.54) is 37.8 Å². The van der Waals surface area contributed by atoms with Crippen molar-refractivity contribution in [3.63, 3.8) is 0 Å². The summed E-state index contributed by atoms with van der Waals surface area (Å²) < 4.78 is 0. The minimum absolute atomic E-state index is 0.456. The Morgan fingerprint density at radius 3 is 2.93 bits per heavy atom. The number of aromatic nitrogens is 1. The molecule has 1 heterocycles. The van der Waals surface area contributed by atoms with E-state index in [1.807, 2.05) is 0 Å². The van der Waals surface area contributed by atoms with Gasteiger partial charge in [-0.1, -0.05) is 19.3 Å². The first-order valence-electron chi connectivity index (χ1n) is 5.17. The Hall–Kier alpha value is -0.880. The van der Waals surface area contributed by atoms with Crippen LogP contribution in [0.5, 0.6) is 0 Å². The van der Waals surface area contributed by atoms with E-state index in [4.69, 9.17) is 6.57 Å². The van der Waals surface area contributed by atoms with Crippen LogP contribution in [0.25, 0.3) is 4.85 Å². The van der Waals surface area contributed by atoms with Crippen LogP contribution in [-0.2, 0) is 6.54 Å². The Morgan fingerprint density at radius 2 is 2.21 bits per heavy atom. The highest BCUT2D eigenvalue weighted by Gasteiger charge is 2.18. The summed E-state index contributed by atoms with van der Waals surface area (Å²) >= 11 is 1.64. The second-order valence-electron chi connectivity index (χ2n) is 3.82. The second-order valence-corrected chi connectivity index (χ2v) is 4.76. The Labute approximate surface area is 88.8 Å². The maximum atomic E-state index is 6.79. The Bertz CT molecular complexity index is 331. The predicted molar refractivity (Wildman–Crippen MR) is 58.2 cm³/mol. The highest BCUT2D eigenvalue weighted by molar-refractivity contribution is 7.09. The van der Waals surface area contributed by atoms with Gasteiger partial charge in [0.05, 0.1) is 5.69 Å².